The smallest absolute Gasteiger partial charge is 0.258 e. The number of thiophene rings is 1. The average Bonchev–Trinajstić information content (AvgIpc) is 3.19. The average molecular weight is 325 g/mol. The van der Waals surface area contributed by atoms with Crippen molar-refractivity contribution in [3.05, 3.63) is 68.4 Å². The molecule has 4 heterocycles. The van der Waals surface area contributed by atoms with E-state index in [1.54, 1.807) is 10.5 Å². The number of likely N-dealkylation sites (tertiary alicyclic amines) is 1. The maximum Gasteiger partial charge on any atom is 0.258 e. The number of hydrogen-bond acceptors (Lipinski definition) is 4. The van der Waals surface area contributed by atoms with Crippen LogP contribution in [0.4, 0.5) is 0 Å². The van der Waals surface area contributed by atoms with E-state index in [0.717, 1.165) is 30.0 Å². The van der Waals surface area contributed by atoms with Crippen LogP contribution in [0.25, 0.3) is 5.65 Å². The van der Waals surface area contributed by atoms with E-state index in [2.05, 4.69) is 27.4 Å². The molecule has 0 saturated carbocycles. The summed E-state index contributed by atoms with van der Waals surface area (Å²) in [5.41, 5.74) is 2.65. The standard InChI is InChI=1S/C18H19N3OS/c1-13-6-7-17-19-14(10-18(22)21(17)11-13)12-20-8-2-4-15(20)16-5-3-9-23-16/h3,5-7,9-11,15H,2,4,8,12H2,1H3/t15-/m1/s1. The fraction of sp³-hybridized carbons (Fsp3) is 0.333. The minimum atomic E-state index is 0.000528. The van der Waals surface area contributed by atoms with Crippen LogP contribution in [0.15, 0.2) is 46.7 Å². The molecule has 1 aliphatic rings. The number of fused-ring (bicyclic) bond motifs is 1. The van der Waals surface area contributed by atoms with Crippen molar-refractivity contribution in [2.45, 2.75) is 32.4 Å². The second-order valence-electron chi connectivity index (χ2n) is 6.16. The zero-order chi connectivity index (χ0) is 15.8. The Labute approximate surface area is 139 Å². The van der Waals surface area contributed by atoms with Gasteiger partial charge in [-0.25, -0.2) is 4.98 Å². The Morgan fingerprint density at radius 2 is 2.26 bits per heavy atom. The van der Waals surface area contributed by atoms with Gasteiger partial charge in [-0.3, -0.25) is 14.1 Å². The van der Waals surface area contributed by atoms with Crippen LogP contribution in [0.2, 0.25) is 0 Å². The maximum atomic E-state index is 12.3. The number of nitrogens with zero attached hydrogens (tertiary/aromatic N) is 3. The van der Waals surface area contributed by atoms with Crippen molar-refractivity contribution >= 4 is 17.0 Å². The molecule has 0 spiro atoms. The lowest BCUT2D eigenvalue weighted by molar-refractivity contribution is 0.248. The lowest BCUT2D eigenvalue weighted by atomic mass is 10.2. The summed E-state index contributed by atoms with van der Waals surface area (Å²) in [5, 5.41) is 2.13. The van der Waals surface area contributed by atoms with Gasteiger partial charge in [0.1, 0.15) is 5.65 Å². The predicted molar refractivity (Wildman–Crippen MR) is 92.9 cm³/mol. The quantitative estimate of drug-likeness (QED) is 0.741. The summed E-state index contributed by atoms with van der Waals surface area (Å²) in [6.07, 6.45) is 4.24. The van der Waals surface area contributed by atoms with Gasteiger partial charge in [-0.2, -0.15) is 0 Å². The Bertz CT molecular complexity index is 885. The van der Waals surface area contributed by atoms with E-state index in [9.17, 15) is 4.79 Å². The van der Waals surface area contributed by atoms with Crippen LogP contribution in [0.1, 0.15) is 35.0 Å². The molecule has 1 atom stereocenters. The molecule has 3 aromatic rings. The van der Waals surface area contributed by atoms with E-state index in [0.29, 0.717) is 6.04 Å². The van der Waals surface area contributed by atoms with Crippen molar-refractivity contribution in [2.24, 2.45) is 0 Å². The maximum absolute atomic E-state index is 12.3. The van der Waals surface area contributed by atoms with Gasteiger partial charge >= 0.3 is 0 Å². The summed E-state index contributed by atoms with van der Waals surface area (Å²) >= 11 is 1.81. The summed E-state index contributed by atoms with van der Waals surface area (Å²) in [7, 11) is 0. The summed E-state index contributed by atoms with van der Waals surface area (Å²) in [6.45, 7) is 3.79. The molecule has 118 valence electrons. The van der Waals surface area contributed by atoms with Crippen molar-refractivity contribution in [3.63, 3.8) is 0 Å². The second-order valence-corrected chi connectivity index (χ2v) is 7.14. The summed E-state index contributed by atoms with van der Waals surface area (Å²) in [6, 6.07) is 10.4. The van der Waals surface area contributed by atoms with Gasteiger partial charge in [0.25, 0.3) is 5.56 Å². The van der Waals surface area contributed by atoms with Crippen LogP contribution < -0.4 is 5.56 Å². The lowest BCUT2D eigenvalue weighted by Crippen LogP contribution is -2.25. The third-order valence-electron chi connectivity index (χ3n) is 4.46. The highest BCUT2D eigenvalue weighted by Gasteiger charge is 2.27. The Morgan fingerprint density at radius 3 is 3.09 bits per heavy atom. The van der Waals surface area contributed by atoms with E-state index < -0.39 is 0 Å². The molecule has 1 aliphatic heterocycles. The first-order valence-corrected chi connectivity index (χ1v) is 8.85. The Balaban J connectivity index is 1.65. The SMILES string of the molecule is Cc1ccc2nc(CN3CCC[C@@H]3c3cccs3)cc(=O)n2c1. The van der Waals surface area contributed by atoms with Gasteiger partial charge in [-0.15, -0.1) is 11.3 Å². The van der Waals surface area contributed by atoms with Crippen molar-refractivity contribution < 1.29 is 0 Å². The van der Waals surface area contributed by atoms with Crippen molar-refractivity contribution in [1.82, 2.24) is 14.3 Å². The molecule has 4 rings (SSSR count). The molecule has 5 heteroatoms. The molecule has 0 amide bonds. The molecular weight excluding hydrogens is 306 g/mol. The molecule has 0 bridgehead atoms. The molecule has 0 unspecified atom stereocenters. The zero-order valence-electron chi connectivity index (χ0n) is 13.1. The molecule has 4 nitrogen and oxygen atoms in total. The Morgan fingerprint density at radius 1 is 1.35 bits per heavy atom. The zero-order valence-corrected chi connectivity index (χ0v) is 13.9. The molecule has 3 aromatic heterocycles. The van der Waals surface area contributed by atoms with E-state index in [1.165, 1.54) is 17.7 Å². The van der Waals surface area contributed by atoms with Gasteiger partial charge in [0.15, 0.2) is 0 Å². The van der Waals surface area contributed by atoms with Gasteiger partial charge in [0, 0.05) is 29.7 Å². The molecule has 1 saturated heterocycles. The van der Waals surface area contributed by atoms with Crippen molar-refractivity contribution in [1.29, 1.82) is 0 Å². The molecule has 0 radical (unpaired) electrons. The number of aryl methyl sites for hydroxylation is 1. The fourth-order valence-corrected chi connectivity index (χ4v) is 4.26. The van der Waals surface area contributed by atoms with E-state index in [1.807, 2.05) is 36.6 Å². The third-order valence-corrected chi connectivity index (χ3v) is 5.43. The first kappa shape index (κ1) is 14.6. The minimum Gasteiger partial charge on any atom is -0.290 e. The Hall–Kier alpha value is -1.98. The van der Waals surface area contributed by atoms with E-state index in [-0.39, 0.29) is 5.56 Å². The van der Waals surface area contributed by atoms with Gasteiger partial charge in [0.2, 0.25) is 0 Å². The van der Waals surface area contributed by atoms with Crippen LogP contribution in [0.3, 0.4) is 0 Å². The Kier molecular flexibility index (Phi) is 3.75. The van der Waals surface area contributed by atoms with Crippen molar-refractivity contribution in [2.75, 3.05) is 6.54 Å². The highest BCUT2D eigenvalue weighted by molar-refractivity contribution is 7.10. The summed E-state index contributed by atoms with van der Waals surface area (Å²) in [5.74, 6) is 0. The topological polar surface area (TPSA) is 37.6 Å². The lowest BCUT2D eigenvalue weighted by Gasteiger charge is -2.23. The minimum absolute atomic E-state index is 0.000528. The first-order chi connectivity index (χ1) is 11.2. The van der Waals surface area contributed by atoms with E-state index >= 15 is 0 Å². The number of aromatic nitrogens is 2. The highest BCUT2D eigenvalue weighted by atomic mass is 32.1. The second kappa shape index (κ2) is 5.91. The van der Waals surface area contributed by atoms with E-state index in [4.69, 9.17) is 0 Å². The predicted octanol–water partition coefficient (Wildman–Crippen LogP) is 3.40. The highest BCUT2D eigenvalue weighted by Crippen LogP contribution is 2.35. The van der Waals surface area contributed by atoms with Crippen molar-refractivity contribution in [3.8, 4) is 0 Å². The number of pyridine rings is 1. The van der Waals surface area contributed by atoms with Crippen LogP contribution in [-0.4, -0.2) is 20.8 Å². The molecular formula is C18H19N3OS. The molecule has 0 N–H and O–H groups in total. The van der Waals surface area contributed by atoms with Gasteiger partial charge in [-0.05, 0) is 49.4 Å². The summed E-state index contributed by atoms with van der Waals surface area (Å²) < 4.78 is 1.62. The van der Waals surface area contributed by atoms with Crippen LogP contribution in [0, 0.1) is 6.92 Å². The van der Waals surface area contributed by atoms with Gasteiger partial charge in [-0.1, -0.05) is 12.1 Å². The molecule has 23 heavy (non-hydrogen) atoms. The largest absolute Gasteiger partial charge is 0.290 e. The van der Waals surface area contributed by atoms with Crippen LogP contribution in [0.5, 0.6) is 0 Å². The fourth-order valence-electron chi connectivity index (χ4n) is 3.37. The molecule has 0 aliphatic carbocycles. The van der Waals surface area contributed by atoms with Gasteiger partial charge in [0.05, 0.1) is 5.69 Å². The summed E-state index contributed by atoms with van der Waals surface area (Å²) in [4.78, 5) is 20.9. The number of rotatable bonds is 3. The molecule has 1 fully saturated rings. The monoisotopic (exact) mass is 325 g/mol. The van der Waals surface area contributed by atoms with Crippen LogP contribution in [-0.2, 0) is 6.54 Å². The number of hydrogen-bond donors (Lipinski definition) is 0. The third kappa shape index (κ3) is 2.82. The van der Waals surface area contributed by atoms with Crippen LogP contribution >= 0.6 is 11.3 Å². The van der Waals surface area contributed by atoms with Gasteiger partial charge < -0.3 is 0 Å². The first-order valence-electron chi connectivity index (χ1n) is 7.97. The molecule has 0 aromatic carbocycles. The normalized spacial score (nSPS) is 18.7.